The van der Waals surface area contributed by atoms with E-state index in [1.807, 2.05) is 42.5 Å². The lowest BCUT2D eigenvalue weighted by atomic mass is 10.1. The number of pyridine rings is 1. The minimum atomic E-state index is -0.0828. The molecule has 0 spiro atoms. The van der Waals surface area contributed by atoms with Crippen LogP contribution in [0.5, 0.6) is 11.5 Å². The minimum Gasteiger partial charge on any atom is -0.497 e. The molecule has 1 aromatic heterocycles. The summed E-state index contributed by atoms with van der Waals surface area (Å²) in [5, 5.41) is 6.04. The molecule has 0 saturated heterocycles. The molecule has 0 fully saturated rings. The number of hydrogen-bond acceptors (Lipinski definition) is 5. The van der Waals surface area contributed by atoms with Crippen LogP contribution in [0.1, 0.15) is 5.56 Å². The Labute approximate surface area is 158 Å². The van der Waals surface area contributed by atoms with Gasteiger partial charge in [-0.1, -0.05) is 30.3 Å². The fourth-order valence-corrected chi connectivity index (χ4v) is 2.57. The molecule has 0 atom stereocenters. The van der Waals surface area contributed by atoms with Crippen molar-refractivity contribution in [3.8, 4) is 11.5 Å². The van der Waals surface area contributed by atoms with Gasteiger partial charge in [0, 0.05) is 6.07 Å². The molecule has 0 aliphatic carbocycles. The normalized spacial score (nSPS) is 10.1. The predicted octanol–water partition coefficient (Wildman–Crippen LogP) is 4.02. The summed E-state index contributed by atoms with van der Waals surface area (Å²) in [6.07, 6.45) is 1.94. The number of rotatable bonds is 7. The van der Waals surface area contributed by atoms with Gasteiger partial charge in [-0.05, 0) is 29.8 Å². The number of nitrogens with one attached hydrogen (secondary N) is 2. The van der Waals surface area contributed by atoms with Gasteiger partial charge in [0.05, 0.1) is 38.2 Å². The number of anilines is 3. The van der Waals surface area contributed by atoms with Crippen LogP contribution in [0.15, 0.2) is 66.9 Å². The van der Waals surface area contributed by atoms with E-state index in [-0.39, 0.29) is 5.91 Å². The first-order valence-electron chi connectivity index (χ1n) is 8.47. The monoisotopic (exact) mass is 363 g/mol. The van der Waals surface area contributed by atoms with E-state index in [2.05, 4.69) is 15.6 Å². The zero-order chi connectivity index (χ0) is 19.1. The summed E-state index contributed by atoms with van der Waals surface area (Å²) in [5.41, 5.74) is 2.38. The molecule has 0 bridgehead atoms. The summed E-state index contributed by atoms with van der Waals surface area (Å²) in [4.78, 5) is 16.5. The molecule has 2 aromatic carbocycles. The second-order valence-electron chi connectivity index (χ2n) is 5.83. The van der Waals surface area contributed by atoms with E-state index in [9.17, 15) is 4.79 Å². The number of amides is 1. The highest BCUT2D eigenvalue weighted by Crippen LogP contribution is 2.31. The molecular weight excluding hydrogens is 342 g/mol. The molecule has 6 nitrogen and oxygen atoms in total. The van der Waals surface area contributed by atoms with Gasteiger partial charge in [-0.3, -0.25) is 4.79 Å². The topological polar surface area (TPSA) is 72.5 Å². The van der Waals surface area contributed by atoms with Crippen LogP contribution in [0.2, 0.25) is 0 Å². The Morgan fingerprint density at radius 2 is 1.81 bits per heavy atom. The van der Waals surface area contributed by atoms with Gasteiger partial charge in [-0.25, -0.2) is 4.98 Å². The number of hydrogen-bond donors (Lipinski definition) is 2. The SMILES string of the molecule is COc1ccc(Nc2ccc(NC(=O)Cc3ccccc3)cn2)c(OC)c1. The molecule has 3 rings (SSSR count). The Hall–Kier alpha value is -3.54. The lowest BCUT2D eigenvalue weighted by Gasteiger charge is -2.12. The van der Waals surface area contributed by atoms with Crippen molar-refractivity contribution in [2.24, 2.45) is 0 Å². The van der Waals surface area contributed by atoms with Gasteiger partial charge in [-0.2, -0.15) is 0 Å². The molecule has 6 heteroatoms. The number of nitrogens with zero attached hydrogens (tertiary/aromatic N) is 1. The number of carbonyl (C=O) groups excluding carboxylic acids is 1. The molecule has 0 aliphatic heterocycles. The maximum Gasteiger partial charge on any atom is 0.228 e. The van der Waals surface area contributed by atoms with Crippen LogP contribution in [0, 0.1) is 0 Å². The third-order valence-electron chi connectivity index (χ3n) is 3.93. The molecule has 138 valence electrons. The zero-order valence-electron chi connectivity index (χ0n) is 15.2. The molecule has 0 saturated carbocycles. The molecule has 2 N–H and O–H groups in total. The van der Waals surface area contributed by atoms with Crippen LogP contribution in [0.4, 0.5) is 17.2 Å². The van der Waals surface area contributed by atoms with E-state index in [1.165, 1.54) is 0 Å². The first-order valence-corrected chi connectivity index (χ1v) is 8.47. The molecule has 1 heterocycles. The molecule has 3 aromatic rings. The summed E-state index contributed by atoms with van der Waals surface area (Å²) >= 11 is 0. The van der Waals surface area contributed by atoms with E-state index in [0.29, 0.717) is 29.4 Å². The van der Waals surface area contributed by atoms with Gasteiger partial charge >= 0.3 is 0 Å². The summed E-state index contributed by atoms with van der Waals surface area (Å²) in [6, 6.07) is 18.7. The van der Waals surface area contributed by atoms with Crippen molar-refractivity contribution in [3.05, 3.63) is 72.4 Å². The summed E-state index contributed by atoms with van der Waals surface area (Å²) < 4.78 is 10.6. The minimum absolute atomic E-state index is 0.0828. The second-order valence-corrected chi connectivity index (χ2v) is 5.83. The molecule has 27 heavy (non-hydrogen) atoms. The van der Waals surface area contributed by atoms with Crippen molar-refractivity contribution >= 4 is 23.1 Å². The fraction of sp³-hybridized carbons (Fsp3) is 0.143. The van der Waals surface area contributed by atoms with Crippen molar-refractivity contribution in [3.63, 3.8) is 0 Å². The largest absolute Gasteiger partial charge is 0.497 e. The Bertz CT molecular complexity index is 896. The van der Waals surface area contributed by atoms with Crippen molar-refractivity contribution in [2.75, 3.05) is 24.9 Å². The third kappa shape index (κ3) is 4.98. The maximum absolute atomic E-state index is 12.1. The molecule has 0 unspecified atom stereocenters. The zero-order valence-corrected chi connectivity index (χ0v) is 15.2. The highest BCUT2D eigenvalue weighted by atomic mass is 16.5. The van der Waals surface area contributed by atoms with Gasteiger partial charge < -0.3 is 20.1 Å². The average molecular weight is 363 g/mol. The first kappa shape index (κ1) is 18.3. The van der Waals surface area contributed by atoms with E-state index in [1.54, 1.807) is 38.6 Å². The third-order valence-corrected chi connectivity index (χ3v) is 3.93. The summed E-state index contributed by atoms with van der Waals surface area (Å²) in [5.74, 6) is 1.92. The highest BCUT2D eigenvalue weighted by molar-refractivity contribution is 5.92. The highest BCUT2D eigenvalue weighted by Gasteiger charge is 2.07. The van der Waals surface area contributed by atoms with Crippen LogP contribution in [-0.4, -0.2) is 25.1 Å². The van der Waals surface area contributed by atoms with E-state index in [0.717, 1.165) is 11.3 Å². The van der Waals surface area contributed by atoms with Crippen LogP contribution in [0.3, 0.4) is 0 Å². The van der Waals surface area contributed by atoms with Gasteiger partial charge in [0.15, 0.2) is 0 Å². The predicted molar refractivity (Wildman–Crippen MR) is 106 cm³/mol. The number of methoxy groups -OCH3 is 2. The van der Waals surface area contributed by atoms with Crippen LogP contribution < -0.4 is 20.1 Å². The molecule has 0 aliphatic rings. The van der Waals surface area contributed by atoms with Gasteiger partial charge in [0.1, 0.15) is 17.3 Å². The van der Waals surface area contributed by atoms with Gasteiger partial charge in [0.25, 0.3) is 0 Å². The number of aromatic nitrogens is 1. The first-order chi connectivity index (χ1) is 13.2. The van der Waals surface area contributed by atoms with Crippen LogP contribution in [0.25, 0.3) is 0 Å². The van der Waals surface area contributed by atoms with Crippen molar-refractivity contribution in [2.45, 2.75) is 6.42 Å². The Kier molecular flexibility index (Phi) is 5.89. The van der Waals surface area contributed by atoms with Crippen LogP contribution >= 0.6 is 0 Å². The van der Waals surface area contributed by atoms with E-state index in [4.69, 9.17) is 9.47 Å². The Morgan fingerprint density at radius 1 is 1.00 bits per heavy atom. The summed E-state index contributed by atoms with van der Waals surface area (Å²) in [6.45, 7) is 0. The number of carbonyl (C=O) groups is 1. The van der Waals surface area contributed by atoms with Gasteiger partial charge in [0.2, 0.25) is 5.91 Å². The van der Waals surface area contributed by atoms with Crippen molar-refractivity contribution in [1.29, 1.82) is 0 Å². The number of ether oxygens (including phenoxy) is 2. The van der Waals surface area contributed by atoms with E-state index >= 15 is 0 Å². The van der Waals surface area contributed by atoms with Crippen LogP contribution in [-0.2, 0) is 11.2 Å². The van der Waals surface area contributed by atoms with E-state index < -0.39 is 0 Å². The smallest absolute Gasteiger partial charge is 0.228 e. The molecular formula is C21H21N3O3. The lowest BCUT2D eigenvalue weighted by Crippen LogP contribution is -2.14. The Balaban J connectivity index is 1.63. The average Bonchev–Trinajstić information content (AvgIpc) is 2.70. The number of benzene rings is 2. The lowest BCUT2D eigenvalue weighted by molar-refractivity contribution is -0.115. The maximum atomic E-state index is 12.1. The quantitative estimate of drug-likeness (QED) is 0.663. The second kappa shape index (κ2) is 8.71. The van der Waals surface area contributed by atoms with Gasteiger partial charge in [-0.15, -0.1) is 0 Å². The standard InChI is InChI=1S/C21H21N3O3/c1-26-17-9-10-18(19(13-17)27-2)24-20-11-8-16(14-22-20)23-21(25)12-15-6-4-3-5-7-15/h3-11,13-14H,12H2,1-2H3,(H,22,24)(H,23,25). The summed E-state index contributed by atoms with van der Waals surface area (Å²) in [7, 11) is 3.20. The molecule has 1 amide bonds. The Morgan fingerprint density at radius 3 is 2.48 bits per heavy atom. The van der Waals surface area contributed by atoms with Crippen molar-refractivity contribution < 1.29 is 14.3 Å². The fourth-order valence-electron chi connectivity index (χ4n) is 2.57. The molecule has 0 radical (unpaired) electrons. The van der Waals surface area contributed by atoms with Crippen molar-refractivity contribution in [1.82, 2.24) is 4.98 Å².